The molecule has 0 radical (unpaired) electrons. The highest BCUT2D eigenvalue weighted by Gasteiger charge is 2.23. The third-order valence-electron chi connectivity index (χ3n) is 10.4. The van der Waals surface area contributed by atoms with E-state index in [0.29, 0.717) is 26.2 Å². The third-order valence-corrected chi connectivity index (χ3v) is 10.4. The molecule has 4 aromatic carbocycles. The molecule has 1 aliphatic heterocycles. The van der Waals surface area contributed by atoms with Crippen LogP contribution < -0.4 is 37.9 Å². The van der Waals surface area contributed by atoms with Crippen LogP contribution in [0.1, 0.15) is 22.3 Å². The highest BCUT2D eigenvalue weighted by molar-refractivity contribution is 5.49. The first-order valence-corrected chi connectivity index (χ1v) is 19.1. The number of rotatable bonds is 16. The van der Waals surface area contributed by atoms with Crippen molar-refractivity contribution in [2.24, 2.45) is 0 Å². The first-order valence-electron chi connectivity index (χ1n) is 19.1. The molecule has 0 aliphatic carbocycles. The molecule has 0 spiro atoms. The van der Waals surface area contributed by atoms with E-state index in [1.807, 2.05) is 48.5 Å². The van der Waals surface area contributed by atoms with Crippen molar-refractivity contribution in [1.82, 2.24) is 19.6 Å². The summed E-state index contributed by atoms with van der Waals surface area (Å²) < 4.78 is 46.3. The Morgan fingerprint density at radius 3 is 0.661 bits per heavy atom. The summed E-state index contributed by atoms with van der Waals surface area (Å²) in [4.78, 5) is 10.1. The van der Waals surface area contributed by atoms with E-state index in [-0.39, 0.29) is 0 Å². The van der Waals surface area contributed by atoms with Gasteiger partial charge in [0.25, 0.3) is 0 Å². The first kappa shape index (κ1) is 42.3. The molecule has 0 bridgehead atoms. The SMILES string of the molecule is COc1cccc(CN2CCN(Cc3cccc(OC)c3OC)CCN(Cc3cccc(OC)c3OC)CCN(Cc3cccc(OC)c3OC)CC2)c1OC. The van der Waals surface area contributed by atoms with E-state index in [9.17, 15) is 0 Å². The third kappa shape index (κ3) is 10.7. The number of ether oxygens (including phenoxy) is 8. The number of hydrogen-bond donors (Lipinski definition) is 0. The Hall–Kier alpha value is -4.88. The number of benzene rings is 4. The fraction of sp³-hybridized carbons (Fsp3) is 0.455. The van der Waals surface area contributed by atoms with Crippen LogP contribution >= 0.6 is 0 Å². The Balaban J connectivity index is 1.50. The van der Waals surface area contributed by atoms with Gasteiger partial charge in [-0.05, 0) is 24.3 Å². The Labute approximate surface area is 333 Å². The van der Waals surface area contributed by atoms with Crippen LogP contribution in [0.4, 0.5) is 0 Å². The molecule has 1 heterocycles. The van der Waals surface area contributed by atoms with Gasteiger partial charge in [0.1, 0.15) is 0 Å². The van der Waals surface area contributed by atoms with Gasteiger partial charge in [0.15, 0.2) is 46.0 Å². The highest BCUT2D eigenvalue weighted by Crippen LogP contribution is 2.35. The molecule has 5 rings (SSSR count). The fourth-order valence-electron chi connectivity index (χ4n) is 7.49. The van der Waals surface area contributed by atoms with E-state index >= 15 is 0 Å². The first-order chi connectivity index (χ1) is 27.4. The van der Waals surface area contributed by atoms with Gasteiger partial charge in [0, 0.05) is 101 Å². The normalized spacial score (nSPS) is 15.3. The molecule has 0 unspecified atom stereocenters. The van der Waals surface area contributed by atoms with Crippen molar-refractivity contribution in [1.29, 1.82) is 0 Å². The minimum Gasteiger partial charge on any atom is -0.493 e. The molecule has 0 N–H and O–H groups in total. The van der Waals surface area contributed by atoms with E-state index in [1.165, 1.54) is 0 Å². The van der Waals surface area contributed by atoms with E-state index < -0.39 is 0 Å². The van der Waals surface area contributed by atoms with Gasteiger partial charge in [-0.3, -0.25) is 19.6 Å². The highest BCUT2D eigenvalue weighted by atomic mass is 16.5. The maximum atomic E-state index is 5.89. The van der Waals surface area contributed by atoms with Crippen LogP contribution in [0.5, 0.6) is 46.0 Å². The monoisotopic (exact) mass is 772 g/mol. The summed E-state index contributed by atoms with van der Waals surface area (Å²) in [5.74, 6) is 5.97. The van der Waals surface area contributed by atoms with Crippen molar-refractivity contribution in [3.63, 3.8) is 0 Å². The second-order valence-corrected chi connectivity index (χ2v) is 13.7. The zero-order valence-corrected chi connectivity index (χ0v) is 34.5. The Bertz CT molecular complexity index is 1550. The van der Waals surface area contributed by atoms with Crippen molar-refractivity contribution < 1.29 is 37.9 Å². The largest absolute Gasteiger partial charge is 0.493 e. The Morgan fingerprint density at radius 2 is 0.500 bits per heavy atom. The van der Waals surface area contributed by atoms with Crippen LogP contribution in [-0.2, 0) is 26.2 Å². The minimum atomic E-state index is 0.703. The predicted octanol–water partition coefficient (Wildman–Crippen LogP) is 6.08. The van der Waals surface area contributed by atoms with Gasteiger partial charge in [0.05, 0.1) is 56.9 Å². The standard InChI is InChI=1S/C44H60N4O8/c1-49-37-17-9-13-33(41(37)53-5)29-45-21-23-46(30-34-14-10-18-38(50-2)42(34)54-6)25-27-48(32-36-16-12-20-40(52-4)44(36)56-8)28-26-47(24-22-45)31-35-15-11-19-39(51-3)43(35)55-7/h9-20H,21-32H2,1-8H3. The van der Waals surface area contributed by atoms with Crippen molar-refractivity contribution in [3.8, 4) is 46.0 Å². The Kier molecular flexibility index (Phi) is 16.2. The average molecular weight is 773 g/mol. The molecule has 0 amide bonds. The summed E-state index contributed by atoms with van der Waals surface area (Å²) in [6.07, 6.45) is 0. The molecular formula is C44H60N4O8. The van der Waals surface area contributed by atoms with Crippen LogP contribution in [0, 0.1) is 0 Å². The summed E-state index contributed by atoms with van der Waals surface area (Å²) in [6.45, 7) is 9.42. The maximum Gasteiger partial charge on any atom is 0.165 e. The zero-order chi connectivity index (χ0) is 39.9. The van der Waals surface area contributed by atoms with Crippen molar-refractivity contribution in [2.45, 2.75) is 26.2 Å². The lowest BCUT2D eigenvalue weighted by atomic mass is 10.1. The van der Waals surface area contributed by atoms with Gasteiger partial charge in [-0.1, -0.05) is 48.5 Å². The minimum absolute atomic E-state index is 0.703. The lowest BCUT2D eigenvalue weighted by Gasteiger charge is -2.35. The fourth-order valence-corrected chi connectivity index (χ4v) is 7.49. The van der Waals surface area contributed by atoms with Crippen molar-refractivity contribution >= 4 is 0 Å². The predicted molar refractivity (Wildman–Crippen MR) is 219 cm³/mol. The molecule has 304 valence electrons. The number of para-hydroxylation sites is 4. The smallest absolute Gasteiger partial charge is 0.165 e. The van der Waals surface area contributed by atoms with Gasteiger partial charge in [-0.15, -0.1) is 0 Å². The van der Waals surface area contributed by atoms with Gasteiger partial charge in [-0.25, -0.2) is 0 Å². The molecule has 12 nitrogen and oxygen atoms in total. The van der Waals surface area contributed by atoms with Crippen molar-refractivity contribution in [2.75, 3.05) is 109 Å². The van der Waals surface area contributed by atoms with Crippen LogP contribution in [0.15, 0.2) is 72.8 Å². The quantitative estimate of drug-likeness (QED) is 0.132. The number of nitrogens with zero attached hydrogens (tertiary/aromatic N) is 4. The summed E-state index contributed by atoms with van der Waals surface area (Å²) in [5, 5.41) is 0. The summed E-state index contributed by atoms with van der Waals surface area (Å²) in [5.41, 5.74) is 4.33. The molecule has 0 atom stereocenters. The molecule has 1 saturated heterocycles. The van der Waals surface area contributed by atoms with Crippen LogP contribution in [0.25, 0.3) is 0 Å². The lowest BCUT2D eigenvalue weighted by molar-refractivity contribution is 0.120. The summed E-state index contributed by atoms with van der Waals surface area (Å²) in [6, 6.07) is 24.4. The molecule has 56 heavy (non-hydrogen) atoms. The van der Waals surface area contributed by atoms with Gasteiger partial charge < -0.3 is 37.9 Å². The second-order valence-electron chi connectivity index (χ2n) is 13.7. The molecule has 4 aromatic rings. The van der Waals surface area contributed by atoms with E-state index in [1.54, 1.807) is 56.9 Å². The van der Waals surface area contributed by atoms with Crippen molar-refractivity contribution in [3.05, 3.63) is 95.1 Å². The van der Waals surface area contributed by atoms with Gasteiger partial charge in [-0.2, -0.15) is 0 Å². The Morgan fingerprint density at radius 1 is 0.304 bits per heavy atom. The van der Waals surface area contributed by atoms with E-state index in [2.05, 4.69) is 43.9 Å². The molecule has 12 heteroatoms. The number of hydrogen-bond acceptors (Lipinski definition) is 12. The molecule has 0 saturated carbocycles. The topological polar surface area (TPSA) is 86.8 Å². The molecule has 1 fully saturated rings. The molecular weight excluding hydrogens is 713 g/mol. The van der Waals surface area contributed by atoms with Crippen LogP contribution in [0.2, 0.25) is 0 Å². The van der Waals surface area contributed by atoms with Gasteiger partial charge >= 0.3 is 0 Å². The average Bonchev–Trinajstić information content (AvgIpc) is 3.23. The molecule has 1 aliphatic rings. The maximum absolute atomic E-state index is 5.89. The second kappa shape index (κ2) is 21.4. The van der Waals surface area contributed by atoms with E-state index in [0.717, 1.165) is 121 Å². The van der Waals surface area contributed by atoms with E-state index in [4.69, 9.17) is 37.9 Å². The van der Waals surface area contributed by atoms with Crippen LogP contribution in [-0.4, -0.2) is 129 Å². The summed E-state index contributed by atoms with van der Waals surface area (Å²) in [7, 11) is 13.5. The van der Waals surface area contributed by atoms with Gasteiger partial charge in [0.2, 0.25) is 0 Å². The zero-order valence-electron chi connectivity index (χ0n) is 34.5. The number of methoxy groups -OCH3 is 8. The lowest BCUT2D eigenvalue weighted by Crippen LogP contribution is -2.45. The summed E-state index contributed by atoms with van der Waals surface area (Å²) >= 11 is 0. The molecule has 0 aromatic heterocycles. The van der Waals surface area contributed by atoms with Crippen LogP contribution in [0.3, 0.4) is 0 Å².